The maximum Gasteiger partial charge on any atom is 0.306 e. The lowest BCUT2D eigenvalue weighted by atomic mass is 10.0. The summed E-state index contributed by atoms with van der Waals surface area (Å²) in [4.78, 5) is 38.3. The molecule has 0 N–H and O–H groups in total. The maximum absolute atomic E-state index is 12.9. The monoisotopic (exact) mass is 1120 g/mol. The molecular weight excluding hydrogens is 985 g/mol. The van der Waals surface area contributed by atoms with Gasteiger partial charge in [-0.2, -0.15) is 0 Å². The average molecular weight is 1120 g/mol. The third-order valence-corrected chi connectivity index (χ3v) is 15.4. The molecule has 0 amide bonds. The van der Waals surface area contributed by atoms with Gasteiger partial charge in [-0.3, -0.25) is 14.4 Å². The molecule has 0 aromatic rings. The lowest BCUT2D eigenvalue weighted by Gasteiger charge is -2.18. The fourth-order valence-electron chi connectivity index (χ4n) is 10.2. The SMILES string of the molecule is CC/C=C\C/C=C\C/C=C\C/C=C\C/C=C\CCCCCCCCCCCCCCCC(=O)OCC(COC(=O)CCCCCCC/C=C\CCC)OC(=O)CCCCCCCCCCCCCCCCCCCCCCCCC. The van der Waals surface area contributed by atoms with E-state index in [4.69, 9.17) is 14.2 Å². The Morgan fingerprint density at radius 3 is 0.825 bits per heavy atom. The molecular formula is C74H132O6. The molecule has 0 radical (unpaired) electrons. The molecule has 0 aromatic heterocycles. The molecule has 6 nitrogen and oxygen atoms in total. The fraction of sp³-hybridized carbons (Fsp3) is 0.797. The molecule has 0 aliphatic carbocycles. The van der Waals surface area contributed by atoms with E-state index in [1.807, 2.05) is 0 Å². The van der Waals surface area contributed by atoms with Gasteiger partial charge in [-0.25, -0.2) is 0 Å². The molecule has 0 spiro atoms. The highest BCUT2D eigenvalue weighted by Gasteiger charge is 2.19. The number of hydrogen-bond acceptors (Lipinski definition) is 6. The molecule has 0 saturated carbocycles. The van der Waals surface area contributed by atoms with E-state index in [9.17, 15) is 14.4 Å². The van der Waals surface area contributed by atoms with Crippen molar-refractivity contribution in [2.45, 2.75) is 367 Å². The Morgan fingerprint density at radius 2 is 0.512 bits per heavy atom. The van der Waals surface area contributed by atoms with E-state index in [0.717, 1.165) is 103 Å². The van der Waals surface area contributed by atoms with E-state index >= 15 is 0 Å². The van der Waals surface area contributed by atoms with Crippen molar-refractivity contribution in [2.24, 2.45) is 0 Å². The number of rotatable bonds is 64. The van der Waals surface area contributed by atoms with Crippen molar-refractivity contribution in [3.8, 4) is 0 Å². The van der Waals surface area contributed by atoms with Gasteiger partial charge in [-0.1, -0.05) is 331 Å². The maximum atomic E-state index is 12.9. The van der Waals surface area contributed by atoms with E-state index in [1.165, 1.54) is 218 Å². The second-order valence-corrected chi connectivity index (χ2v) is 23.4. The van der Waals surface area contributed by atoms with E-state index in [-0.39, 0.29) is 31.1 Å². The van der Waals surface area contributed by atoms with Crippen LogP contribution in [0.25, 0.3) is 0 Å². The van der Waals surface area contributed by atoms with Gasteiger partial charge >= 0.3 is 17.9 Å². The number of unbranched alkanes of at least 4 members (excludes halogenated alkanes) is 41. The van der Waals surface area contributed by atoms with Crippen LogP contribution >= 0.6 is 0 Å². The van der Waals surface area contributed by atoms with Gasteiger partial charge in [0.2, 0.25) is 0 Å². The third kappa shape index (κ3) is 65.7. The van der Waals surface area contributed by atoms with Gasteiger partial charge in [0.05, 0.1) is 0 Å². The van der Waals surface area contributed by atoms with Crippen molar-refractivity contribution in [2.75, 3.05) is 13.2 Å². The Kier molecular flexibility index (Phi) is 65.7. The van der Waals surface area contributed by atoms with Crippen LogP contribution in [-0.2, 0) is 28.6 Å². The van der Waals surface area contributed by atoms with Crippen LogP contribution in [0.15, 0.2) is 72.9 Å². The van der Waals surface area contributed by atoms with Crippen LogP contribution < -0.4 is 0 Å². The van der Waals surface area contributed by atoms with Gasteiger partial charge < -0.3 is 14.2 Å². The second kappa shape index (κ2) is 68.3. The lowest BCUT2D eigenvalue weighted by Crippen LogP contribution is -2.30. The Hall–Kier alpha value is -3.15. The summed E-state index contributed by atoms with van der Waals surface area (Å²) in [6.45, 7) is 6.51. The summed E-state index contributed by atoms with van der Waals surface area (Å²) in [5.74, 6) is -0.866. The van der Waals surface area contributed by atoms with Gasteiger partial charge in [0, 0.05) is 19.3 Å². The van der Waals surface area contributed by atoms with Gasteiger partial charge in [-0.05, 0) is 83.5 Å². The molecule has 0 aliphatic rings. The van der Waals surface area contributed by atoms with Crippen LogP contribution in [0.5, 0.6) is 0 Å². The molecule has 0 heterocycles. The Balaban J connectivity index is 4.16. The van der Waals surface area contributed by atoms with Gasteiger partial charge in [0.25, 0.3) is 0 Å². The predicted molar refractivity (Wildman–Crippen MR) is 348 cm³/mol. The average Bonchev–Trinajstić information content (AvgIpc) is 3.46. The number of allylic oxidation sites excluding steroid dienone is 12. The highest BCUT2D eigenvalue weighted by molar-refractivity contribution is 5.71. The molecule has 80 heavy (non-hydrogen) atoms. The van der Waals surface area contributed by atoms with E-state index < -0.39 is 6.10 Å². The number of ether oxygens (including phenoxy) is 3. The topological polar surface area (TPSA) is 78.9 Å². The smallest absolute Gasteiger partial charge is 0.306 e. The minimum absolute atomic E-state index is 0.0743. The standard InChI is InChI=1S/C74H132O6/c1-4-7-10-13-16-19-22-24-26-28-30-32-34-35-36-37-38-39-41-42-44-46-48-50-52-55-58-61-64-67-73(76)79-70-71(69-78-72(75)66-63-60-57-54-21-18-15-12-9-6-3)80-74(77)68-65-62-59-56-53-51-49-47-45-43-40-33-31-29-27-25-23-20-17-14-11-8-5-2/h7,10,12,15-16,19,24,26,30,32,35-36,71H,4-6,8-9,11,13-14,17-18,20-23,25,27-29,31,33-34,37-70H2,1-3H3/b10-7-,15-12-,19-16-,26-24-,32-30-,36-35-. The molecule has 6 heteroatoms. The Labute approximate surface area is 497 Å². The first-order chi connectivity index (χ1) is 39.5. The zero-order valence-electron chi connectivity index (χ0n) is 53.3. The lowest BCUT2D eigenvalue weighted by molar-refractivity contribution is -0.167. The summed E-state index contributed by atoms with van der Waals surface area (Å²) in [6, 6.07) is 0. The van der Waals surface area contributed by atoms with Crippen molar-refractivity contribution in [3.63, 3.8) is 0 Å². The van der Waals surface area contributed by atoms with E-state index in [2.05, 4.69) is 93.7 Å². The van der Waals surface area contributed by atoms with Crippen LogP contribution in [0.1, 0.15) is 361 Å². The normalized spacial score (nSPS) is 12.5. The summed E-state index contributed by atoms with van der Waals surface area (Å²) in [5.41, 5.74) is 0. The highest BCUT2D eigenvalue weighted by atomic mass is 16.6. The molecule has 0 saturated heterocycles. The molecule has 464 valence electrons. The Morgan fingerprint density at radius 1 is 0.263 bits per heavy atom. The van der Waals surface area contributed by atoms with Crippen LogP contribution in [0.2, 0.25) is 0 Å². The molecule has 0 aliphatic heterocycles. The summed E-state index contributed by atoms with van der Waals surface area (Å²) >= 11 is 0. The third-order valence-electron chi connectivity index (χ3n) is 15.4. The molecule has 1 unspecified atom stereocenters. The van der Waals surface area contributed by atoms with E-state index in [1.54, 1.807) is 0 Å². The first-order valence-electron chi connectivity index (χ1n) is 34.9. The zero-order valence-corrected chi connectivity index (χ0v) is 53.3. The van der Waals surface area contributed by atoms with Gasteiger partial charge in [0.15, 0.2) is 6.10 Å². The molecule has 0 fully saturated rings. The van der Waals surface area contributed by atoms with Crippen LogP contribution in [-0.4, -0.2) is 37.2 Å². The zero-order chi connectivity index (χ0) is 57.8. The largest absolute Gasteiger partial charge is 0.462 e. The fourth-order valence-corrected chi connectivity index (χ4v) is 10.2. The van der Waals surface area contributed by atoms with Crippen molar-refractivity contribution >= 4 is 17.9 Å². The quantitative estimate of drug-likeness (QED) is 0.0261. The predicted octanol–water partition coefficient (Wildman–Crippen LogP) is 24.1. The van der Waals surface area contributed by atoms with Crippen LogP contribution in [0.4, 0.5) is 0 Å². The van der Waals surface area contributed by atoms with Crippen molar-refractivity contribution in [3.05, 3.63) is 72.9 Å². The van der Waals surface area contributed by atoms with Crippen molar-refractivity contribution in [1.29, 1.82) is 0 Å². The van der Waals surface area contributed by atoms with Crippen LogP contribution in [0.3, 0.4) is 0 Å². The first kappa shape index (κ1) is 76.9. The summed E-state index contributed by atoms with van der Waals surface area (Å²) in [5, 5.41) is 0. The number of hydrogen-bond donors (Lipinski definition) is 0. The van der Waals surface area contributed by atoms with Gasteiger partial charge in [0.1, 0.15) is 13.2 Å². The first-order valence-corrected chi connectivity index (χ1v) is 34.9. The highest BCUT2D eigenvalue weighted by Crippen LogP contribution is 2.18. The summed E-state index contributed by atoms with van der Waals surface area (Å²) in [6.07, 6.45) is 89.4. The number of esters is 3. The summed E-state index contributed by atoms with van der Waals surface area (Å²) in [7, 11) is 0. The van der Waals surface area contributed by atoms with Gasteiger partial charge in [-0.15, -0.1) is 0 Å². The van der Waals surface area contributed by atoms with Crippen molar-refractivity contribution < 1.29 is 28.6 Å². The minimum Gasteiger partial charge on any atom is -0.462 e. The number of carbonyl (C=O) groups is 3. The summed E-state index contributed by atoms with van der Waals surface area (Å²) < 4.78 is 16.9. The molecule has 0 aromatic carbocycles. The minimum atomic E-state index is -0.777. The van der Waals surface area contributed by atoms with E-state index in [0.29, 0.717) is 19.3 Å². The van der Waals surface area contributed by atoms with Crippen molar-refractivity contribution in [1.82, 2.24) is 0 Å². The van der Waals surface area contributed by atoms with Crippen LogP contribution in [0, 0.1) is 0 Å². The molecule has 0 bridgehead atoms. The Bertz CT molecular complexity index is 1470. The second-order valence-electron chi connectivity index (χ2n) is 23.4. The molecule has 1 atom stereocenters. The molecule has 0 rings (SSSR count). The number of carbonyl (C=O) groups excluding carboxylic acids is 3.